The van der Waals surface area contributed by atoms with E-state index in [0.717, 1.165) is 24.1 Å². The van der Waals surface area contributed by atoms with Crippen molar-refractivity contribution in [2.24, 2.45) is 22.7 Å². The van der Waals surface area contributed by atoms with Crippen LogP contribution >= 0.6 is 0 Å². The van der Waals surface area contributed by atoms with Crippen molar-refractivity contribution < 1.29 is 19.4 Å². The highest BCUT2D eigenvalue weighted by Gasteiger charge is 2.29. The molecule has 0 saturated heterocycles. The van der Waals surface area contributed by atoms with Crippen molar-refractivity contribution in [3.05, 3.63) is 35.9 Å². The molecule has 0 aliphatic heterocycles. The average Bonchev–Trinajstić information content (AvgIpc) is 3.13. The minimum absolute atomic E-state index is 0.102. The van der Waals surface area contributed by atoms with Gasteiger partial charge in [-0.1, -0.05) is 55.3 Å². The topological polar surface area (TPSA) is 83.1 Å². The molecule has 0 bridgehead atoms. The SMILES string of the molecule is C/C(=N\OOCc1ccccc1)[C@@H](C)C[C@@H](OC(N)=O)C1CCCC1. The highest BCUT2D eigenvalue weighted by Crippen LogP contribution is 2.32. The summed E-state index contributed by atoms with van der Waals surface area (Å²) in [6, 6.07) is 9.74. The molecular weight excluding hydrogens is 320 g/mol. The molecule has 0 unspecified atom stereocenters. The molecule has 0 heterocycles. The molecule has 1 amide bonds. The normalized spacial score (nSPS) is 17.9. The van der Waals surface area contributed by atoms with Gasteiger partial charge in [0.25, 0.3) is 0 Å². The number of primary amides is 1. The Morgan fingerprint density at radius 1 is 1.28 bits per heavy atom. The van der Waals surface area contributed by atoms with E-state index in [1.807, 2.05) is 44.2 Å². The molecule has 1 fully saturated rings. The van der Waals surface area contributed by atoms with Crippen LogP contribution in [-0.2, 0) is 21.2 Å². The van der Waals surface area contributed by atoms with Crippen molar-refractivity contribution in [2.75, 3.05) is 0 Å². The fraction of sp³-hybridized carbons (Fsp3) is 0.579. The van der Waals surface area contributed by atoms with Gasteiger partial charge in [-0.05, 0) is 37.7 Å². The zero-order chi connectivity index (χ0) is 18.1. The number of nitrogens with two attached hydrogens (primary N) is 1. The quantitative estimate of drug-likeness (QED) is 0.314. The maximum atomic E-state index is 11.2. The van der Waals surface area contributed by atoms with Gasteiger partial charge in [-0.2, -0.15) is 4.89 Å². The second-order valence-electron chi connectivity index (χ2n) is 6.71. The number of hydrogen-bond acceptors (Lipinski definition) is 5. The predicted octanol–water partition coefficient (Wildman–Crippen LogP) is 4.19. The first kappa shape index (κ1) is 19.2. The second kappa shape index (κ2) is 10.0. The lowest BCUT2D eigenvalue weighted by Gasteiger charge is -2.25. The fourth-order valence-electron chi connectivity index (χ4n) is 3.18. The number of rotatable bonds is 9. The Kier molecular flexibility index (Phi) is 7.73. The number of carbonyl (C=O) groups excluding carboxylic acids is 1. The average molecular weight is 348 g/mol. The summed E-state index contributed by atoms with van der Waals surface area (Å²) in [6.45, 7) is 4.25. The van der Waals surface area contributed by atoms with E-state index in [1.165, 1.54) is 12.8 Å². The summed E-state index contributed by atoms with van der Waals surface area (Å²) in [7, 11) is 0. The smallest absolute Gasteiger partial charge is 0.404 e. The lowest BCUT2D eigenvalue weighted by atomic mass is 9.90. The minimum Gasteiger partial charge on any atom is -0.446 e. The monoisotopic (exact) mass is 348 g/mol. The maximum Gasteiger partial charge on any atom is 0.404 e. The molecular formula is C19H28N2O4. The number of amides is 1. The van der Waals surface area contributed by atoms with Gasteiger partial charge in [0.1, 0.15) is 12.7 Å². The Hall–Kier alpha value is -2.08. The van der Waals surface area contributed by atoms with Crippen molar-refractivity contribution in [2.45, 2.75) is 58.7 Å². The first-order valence-corrected chi connectivity index (χ1v) is 8.89. The first-order valence-electron chi connectivity index (χ1n) is 8.89. The lowest BCUT2D eigenvalue weighted by molar-refractivity contribution is -0.305. The van der Waals surface area contributed by atoms with Gasteiger partial charge in [-0.3, -0.25) is 0 Å². The van der Waals surface area contributed by atoms with Crippen LogP contribution in [0.3, 0.4) is 0 Å². The zero-order valence-electron chi connectivity index (χ0n) is 15.0. The van der Waals surface area contributed by atoms with Gasteiger partial charge >= 0.3 is 6.09 Å². The van der Waals surface area contributed by atoms with Crippen molar-refractivity contribution in [1.82, 2.24) is 0 Å². The Morgan fingerprint density at radius 2 is 1.96 bits per heavy atom. The van der Waals surface area contributed by atoms with Crippen LogP contribution in [0.4, 0.5) is 4.79 Å². The van der Waals surface area contributed by atoms with Crippen molar-refractivity contribution >= 4 is 11.8 Å². The third kappa shape index (κ3) is 6.74. The van der Waals surface area contributed by atoms with Crippen molar-refractivity contribution in [1.29, 1.82) is 0 Å². The van der Waals surface area contributed by atoms with Gasteiger partial charge < -0.3 is 10.5 Å². The lowest BCUT2D eigenvalue weighted by Crippen LogP contribution is -2.31. The first-order chi connectivity index (χ1) is 12.1. The number of oxime groups is 1. The fourth-order valence-corrected chi connectivity index (χ4v) is 3.18. The van der Waals surface area contributed by atoms with E-state index >= 15 is 0 Å². The molecule has 1 aromatic rings. The molecule has 0 spiro atoms. The van der Waals surface area contributed by atoms with Crippen molar-refractivity contribution in [3.63, 3.8) is 0 Å². The molecule has 0 aromatic heterocycles. The molecule has 1 aliphatic carbocycles. The summed E-state index contributed by atoms with van der Waals surface area (Å²) in [4.78, 5) is 21.3. The van der Waals surface area contributed by atoms with Crippen LogP contribution in [0, 0.1) is 11.8 Å². The Bertz CT molecular complexity index is 556. The molecule has 1 saturated carbocycles. The van der Waals surface area contributed by atoms with Gasteiger partial charge in [0.2, 0.25) is 0 Å². The number of ether oxygens (including phenoxy) is 1. The molecule has 6 heteroatoms. The van der Waals surface area contributed by atoms with E-state index in [4.69, 9.17) is 20.3 Å². The molecule has 2 N–H and O–H groups in total. The van der Waals surface area contributed by atoms with E-state index in [9.17, 15) is 4.79 Å². The summed E-state index contributed by atoms with van der Waals surface area (Å²) in [5, 5.41) is 4.02. The van der Waals surface area contributed by atoms with Crippen molar-refractivity contribution in [3.8, 4) is 0 Å². The van der Waals surface area contributed by atoms with E-state index in [2.05, 4.69) is 5.16 Å². The van der Waals surface area contributed by atoms with Gasteiger partial charge in [0, 0.05) is 5.92 Å². The summed E-state index contributed by atoms with van der Waals surface area (Å²) >= 11 is 0. The molecule has 25 heavy (non-hydrogen) atoms. The largest absolute Gasteiger partial charge is 0.446 e. The van der Waals surface area contributed by atoms with Crippen LogP contribution in [0.15, 0.2) is 35.5 Å². The zero-order valence-corrected chi connectivity index (χ0v) is 15.0. The number of benzene rings is 1. The number of carbonyl (C=O) groups is 1. The van der Waals surface area contributed by atoms with Crippen LogP contribution in [-0.4, -0.2) is 17.9 Å². The van der Waals surface area contributed by atoms with Gasteiger partial charge in [-0.25, -0.2) is 9.78 Å². The molecule has 2 atom stereocenters. The maximum absolute atomic E-state index is 11.2. The van der Waals surface area contributed by atoms with Gasteiger partial charge in [0.15, 0.2) is 0 Å². The Morgan fingerprint density at radius 3 is 2.60 bits per heavy atom. The van der Waals surface area contributed by atoms with Crippen LogP contribution in [0.2, 0.25) is 0 Å². The highest BCUT2D eigenvalue weighted by atomic mass is 17.3. The predicted molar refractivity (Wildman–Crippen MR) is 95.6 cm³/mol. The molecule has 1 aromatic carbocycles. The van der Waals surface area contributed by atoms with E-state index in [1.54, 1.807) is 0 Å². The molecule has 2 rings (SSSR count). The van der Waals surface area contributed by atoms with Crippen LogP contribution in [0.5, 0.6) is 0 Å². The third-order valence-electron chi connectivity index (χ3n) is 4.79. The Balaban J connectivity index is 1.79. The highest BCUT2D eigenvalue weighted by molar-refractivity contribution is 5.83. The third-order valence-corrected chi connectivity index (χ3v) is 4.79. The van der Waals surface area contributed by atoms with E-state index in [0.29, 0.717) is 18.9 Å². The summed E-state index contributed by atoms with van der Waals surface area (Å²) in [5.41, 5.74) is 7.04. The van der Waals surface area contributed by atoms with Gasteiger partial charge in [0.05, 0.1) is 5.71 Å². The van der Waals surface area contributed by atoms with E-state index < -0.39 is 6.09 Å². The van der Waals surface area contributed by atoms with Crippen LogP contribution in [0.1, 0.15) is 51.5 Å². The van der Waals surface area contributed by atoms with Crippen LogP contribution < -0.4 is 5.73 Å². The Labute approximate surface area is 149 Å². The summed E-state index contributed by atoms with van der Waals surface area (Å²) in [6.07, 6.45) is 4.34. The summed E-state index contributed by atoms with van der Waals surface area (Å²) in [5.74, 6) is 0.489. The summed E-state index contributed by atoms with van der Waals surface area (Å²) < 4.78 is 5.35. The molecule has 0 radical (unpaired) electrons. The minimum atomic E-state index is -0.707. The number of hydrogen-bond donors (Lipinski definition) is 1. The van der Waals surface area contributed by atoms with E-state index in [-0.39, 0.29) is 12.0 Å². The molecule has 1 aliphatic rings. The second-order valence-corrected chi connectivity index (χ2v) is 6.71. The molecule has 6 nitrogen and oxygen atoms in total. The standard InChI is InChI=1S/C19H28N2O4/c1-14(12-18(24-19(20)22)17-10-6-7-11-17)15(2)21-25-23-13-16-8-4-3-5-9-16/h3-5,8-9,14,17-18H,6-7,10-13H2,1-2H3,(H2,20,22)/b21-15+/t14-,18+/m0/s1. The number of nitrogens with zero attached hydrogens (tertiary/aromatic N) is 1. The van der Waals surface area contributed by atoms with Crippen LogP contribution in [0.25, 0.3) is 0 Å². The van der Waals surface area contributed by atoms with Gasteiger partial charge in [-0.15, -0.1) is 0 Å². The molecule has 138 valence electrons.